The van der Waals surface area contributed by atoms with Gasteiger partial charge >= 0.3 is 5.97 Å². The van der Waals surface area contributed by atoms with Gasteiger partial charge < -0.3 is 20.2 Å². The molecule has 2 atom stereocenters. The molecule has 1 saturated carbocycles. The zero-order valence-corrected chi connectivity index (χ0v) is 13.8. The monoisotopic (exact) mass is 297 g/mol. The number of carbonyl (C=O) groups is 1. The van der Waals surface area contributed by atoms with Crippen LogP contribution in [-0.4, -0.2) is 73.2 Å². The fraction of sp³-hybridized carbons (Fsp3) is 0.938. The maximum atomic E-state index is 11.9. The molecule has 1 aliphatic heterocycles. The number of nitrogens with one attached hydrogen (secondary N) is 1. The molecule has 2 aliphatic rings. The standard InChI is InChI=1S/C16H31N3O2/c1-4-8-17-16(15(20)21,14-5-6-14)12-19(3)11-13-7-9-18(2)10-13/h13-14,17H,4-12H2,1-3H3,(H,20,21). The molecule has 2 fully saturated rings. The lowest BCUT2D eigenvalue weighted by molar-refractivity contribution is -0.147. The Morgan fingerprint density at radius 3 is 2.62 bits per heavy atom. The summed E-state index contributed by atoms with van der Waals surface area (Å²) < 4.78 is 0. The van der Waals surface area contributed by atoms with Gasteiger partial charge in [-0.2, -0.15) is 0 Å². The normalized spacial score (nSPS) is 26.2. The van der Waals surface area contributed by atoms with Crippen LogP contribution in [0.25, 0.3) is 0 Å². The van der Waals surface area contributed by atoms with Crippen molar-refractivity contribution in [2.45, 2.75) is 38.1 Å². The number of aliphatic carboxylic acids is 1. The number of hydrogen-bond acceptors (Lipinski definition) is 4. The molecule has 0 spiro atoms. The second-order valence-electron chi connectivity index (χ2n) is 7.09. The van der Waals surface area contributed by atoms with Gasteiger partial charge in [0.15, 0.2) is 0 Å². The van der Waals surface area contributed by atoms with E-state index >= 15 is 0 Å². The Kier molecular flexibility index (Phi) is 5.63. The summed E-state index contributed by atoms with van der Waals surface area (Å²) in [5, 5.41) is 13.2. The molecule has 0 aromatic heterocycles. The minimum Gasteiger partial charge on any atom is -0.480 e. The van der Waals surface area contributed by atoms with Crippen molar-refractivity contribution in [3.8, 4) is 0 Å². The summed E-state index contributed by atoms with van der Waals surface area (Å²) in [5.41, 5.74) is -0.741. The van der Waals surface area contributed by atoms with Gasteiger partial charge in [-0.1, -0.05) is 6.92 Å². The molecule has 0 aromatic rings. The lowest BCUT2D eigenvalue weighted by atomic mass is 9.91. The highest BCUT2D eigenvalue weighted by molar-refractivity contribution is 5.80. The molecule has 1 saturated heterocycles. The van der Waals surface area contributed by atoms with Crippen LogP contribution in [0.1, 0.15) is 32.6 Å². The van der Waals surface area contributed by atoms with E-state index in [1.165, 1.54) is 13.0 Å². The average molecular weight is 297 g/mol. The summed E-state index contributed by atoms with van der Waals surface area (Å²) in [4.78, 5) is 16.5. The van der Waals surface area contributed by atoms with Crippen molar-refractivity contribution < 1.29 is 9.90 Å². The second-order valence-corrected chi connectivity index (χ2v) is 7.09. The zero-order chi connectivity index (χ0) is 15.5. The van der Waals surface area contributed by atoms with Crippen LogP contribution < -0.4 is 5.32 Å². The van der Waals surface area contributed by atoms with Crippen molar-refractivity contribution in [3.63, 3.8) is 0 Å². The maximum Gasteiger partial charge on any atom is 0.325 e. The minimum absolute atomic E-state index is 0.301. The number of carboxylic acids is 1. The van der Waals surface area contributed by atoms with E-state index < -0.39 is 11.5 Å². The van der Waals surface area contributed by atoms with Crippen molar-refractivity contribution in [2.75, 3.05) is 46.8 Å². The summed E-state index contributed by atoms with van der Waals surface area (Å²) >= 11 is 0. The molecule has 0 aromatic carbocycles. The first-order valence-electron chi connectivity index (χ1n) is 8.33. The van der Waals surface area contributed by atoms with Crippen molar-refractivity contribution in [1.82, 2.24) is 15.1 Å². The molecule has 122 valence electrons. The van der Waals surface area contributed by atoms with Crippen LogP contribution in [-0.2, 0) is 4.79 Å². The van der Waals surface area contributed by atoms with Gasteiger partial charge in [0.05, 0.1) is 0 Å². The molecule has 2 N–H and O–H groups in total. The van der Waals surface area contributed by atoms with Crippen molar-refractivity contribution in [2.24, 2.45) is 11.8 Å². The van der Waals surface area contributed by atoms with E-state index in [0.717, 1.165) is 38.9 Å². The highest BCUT2D eigenvalue weighted by Crippen LogP contribution is 2.40. The fourth-order valence-electron chi connectivity index (χ4n) is 3.68. The van der Waals surface area contributed by atoms with E-state index in [4.69, 9.17) is 0 Å². The van der Waals surface area contributed by atoms with Gasteiger partial charge in [-0.05, 0) is 64.7 Å². The van der Waals surface area contributed by atoms with Crippen LogP contribution in [0.15, 0.2) is 0 Å². The third kappa shape index (κ3) is 4.18. The molecule has 1 heterocycles. The highest BCUT2D eigenvalue weighted by atomic mass is 16.4. The van der Waals surface area contributed by atoms with Gasteiger partial charge in [0.25, 0.3) is 0 Å². The Morgan fingerprint density at radius 1 is 1.43 bits per heavy atom. The van der Waals surface area contributed by atoms with Crippen molar-refractivity contribution in [3.05, 3.63) is 0 Å². The van der Waals surface area contributed by atoms with E-state index in [1.54, 1.807) is 0 Å². The SMILES string of the molecule is CCCNC(CN(C)CC1CCN(C)C1)(C(=O)O)C1CC1. The highest BCUT2D eigenvalue weighted by Gasteiger charge is 2.51. The smallest absolute Gasteiger partial charge is 0.325 e. The Hall–Kier alpha value is -0.650. The number of likely N-dealkylation sites (N-methyl/N-ethyl adjacent to an activating group) is 1. The Morgan fingerprint density at radius 2 is 2.14 bits per heavy atom. The van der Waals surface area contributed by atoms with Gasteiger partial charge in [-0.15, -0.1) is 0 Å². The van der Waals surface area contributed by atoms with Crippen LogP contribution in [0.4, 0.5) is 0 Å². The Labute approximate surface area is 128 Å². The number of carboxylic acid groups (broad SMARTS) is 1. The van der Waals surface area contributed by atoms with Gasteiger partial charge in [-0.3, -0.25) is 4.79 Å². The molecule has 21 heavy (non-hydrogen) atoms. The van der Waals surface area contributed by atoms with Gasteiger partial charge in [0.1, 0.15) is 5.54 Å². The summed E-state index contributed by atoms with van der Waals surface area (Å²) in [5.74, 6) is 0.306. The molecule has 0 amide bonds. The first-order chi connectivity index (χ1) is 9.98. The summed E-state index contributed by atoms with van der Waals surface area (Å²) in [6.45, 7) is 6.79. The first kappa shape index (κ1) is 16.7. The minimum atomic E-state index is -0.741. The molecule has 5 heteroatoms. The molecular formula is C16H31N3O2. The predicted octanol–water partition coefficient (Wildman–Crippen LogP) is 1.10. The Balaban J connectivity index is 1.95. The average Bonchev–Trinajstić information content (AvgIpc) is 3.19. The largest absolute Gasteiger partial charge is 0.480 e. The van der Waals surface area contributed by atoms with Crippen molar-refractivity contribution >= 4 is 5.97 Å². The summed E-state index contributed by atoms with van der Waals surface area (Å²) in [7, 11) is 4.24. The molecular weight excluding hydrogens is 266 g/mol. The van der Waals surface area contributed by atoms with Crippen LogP contribution in [0.2, 0.25) is 0 Å². The second kappa shape index (κ2) is 7.07. The number of nitrogens with zero attached hydrogens (tertiary/aromatic N) is 2. The fourth-order valence-corrected chi connectivity index (χ4v) is 3.68. The molecule has 0 radical (unpaired) electrons. The predicted molar refractivity (Wildman–Crippen MR) is 84.5 cm³/mol. The van der Waals surface area contributed by atoms with Gasteiger partial charge in [-0.25, -0.2) is 0 Å². The molecule has 5 nitrogen and oxygen atoms in total. The number of hydrogen-bond donors (Lipinski definition) is 2. The van der Waals surface area contributed by atoms with E-state index in [2.05, 4.69) is 36.1 Å². The van der Waals surface area contributed by atoms with Crippen LogP contribution in [0.5, 0.6) is 0 Å². The number of likely N-dealkylation sites (tertiary alicyclic amines) is 1. The van der Waals surface area contributed by atoms with E-state index in [0.29, 0.717) is 18.4 Å². The topological polar surface area (TPSA) is 55.8 Å². The molecule has 2 rings (SSSR count). The third-order valence-electron chi connectivity index (χ3n) is 4.92. The van der Waals surface area contributed by atoms with Crippen LogP contribution in [0, 0.1) is 11.8 Å². The van der Waals surface area contributed by atoms with Crippen LogP contribution >= 0.6 is 0 Å². The van der Waals surface area contributed by atoms with Crippen molar-refractivity contribution in [1.29, 1.82) is 0 Å². The van der Waals surface area contributed by atoms with E-state index in [-0.39, 0.29) is 0 Å². The quantitative estimate of drug-likeness (QED) is 0.667. The zero-order valence-electron chi connectivity index (χ0n) is 13.8. The van der Waals surface area contributed by atoms with E-state index in [9.17, 15) is 9.90 Å². The first-order valence-corrected chi connectivity index (χ1v) is 8.33. The summed E-state index contributed by atoms with van der Waals surface area (Å²) in [6.07, 6.45) is 4.29. The number of rotatable bonds is 9. The molecule has 2 unspecified atom stereocenters. The third-order valence-corrected chi connectivity index (χ3v) is 4.92. The molecule has 0 bridgehead atoms. The summed E-state index contributed by atoms with van der Waals surface area (Å²) in [6, 6.07) is 0. The lowest BCUT2D eigenvalue weighted by Crippen LogP contribution is -2.60. The van der Waals surface area contributed by atoms with Gasteiger partial charge in [0, 0.05) is 19.6 Å². The van der Waals surface area contributed by atoms with Crippen LogP contribution in [0.3, 0.4) is 0 Å². The van der Waals surface area contributed by atoms with Gasteiger partial charge in [0.2, 0.25) is 0 Å². The van der Waals surface area contributed by atoms with E-state index in [1.807, 2.05) is 0 Å². The maximum absolute atomic E-state index is 11.9. The molecule has 1 aliphatic carbocycles. The lowest BCUT2D eigenvalue weighted by Gasteiger charge is -2.35. The Bertz CT molecular complexity index is 359.